The van der Waals surface area contributed by atoms with Crippen molar-refractivity contribution in [3.63, 3.8) is 0 Å². The van der Waals surface area contributed by atoms with Crippen LogP contribution in [0.15, 0.2) is 16.6 Å². The molecule has 2 N–H and O–H groups in total. The summed E-state index contributed by atoms with van der Waals surface area (Å²) >= 11 is 3.30. The topological polar surface area (TPSA) is 32.3 Å². The van der Waals surface area contributed by atoms with Crippen molar-refractivity contribution >= 4 is 21.6 Å². The van der Waals surface area contributed by atoms with Crippen LogP contribution in [0.4, 0.5) is 5.69 Å². The maximum atomic E-state index is 9.39. The van der Waals surface area contributed by atoms with E-state index in [2.05, 4.69) is 21.2 Å². The first-order chi connectivity index (χ1) is 5.77. The molecule has 3 heteroatoms. The SMILES string of the molecule is Oc1cc2c(cc1Br)CCCN2. The summed E-state index contributed by atoms with van der Waals surface area (Å²) in [5.41, 5.74) is 2.35. The molecule has 2 rings (SSSR count). The Balaban J connectivity index is 2.49. The van der Waals surface area contributed by atoms with Gasteiger partial charge < -0.3 is 10.4 Å². The van der Waals surface area contributed by atoms with Crippen LogP contribution in [0.25, 0.3) is 0 Å². The molecule has 0 radical (unpaired) electrons. The molecule has 2 nitrogen and oxygen atoms in total. The van der Waals surface area contributed by atoms with Crippen molar-refractivity contribution in [2.24, 2.45) is 0 Å². The number of fused-ring (bicyclic) bond motifs is 1. The molecule has 0 spiro atoms. The second-order valence-corrected chi connectivity index (χ2v) is 3.85. The van der Waals surface area contributed by atoms with Crippen LogP contribution < -0.4 is 5.32 Å². The number of aryl methyl sites for hydroxylation is 1. The number of benzene rings is 1. The van der Waals surface area contributed by atoms with Gasteiger partial charge in [-0.1, -0.05) is 0 Å². The quantitative estimate of drug-likeness (QED) is 0.715. The van der Waals surface area contributed by atoms with E-state index in [4.69, 9.17) is 0 Å². The molecule has 0 unspecified atom stereocenters. The number of halogens is 1. The van der Waals surface area contributed by atoms with Gasteiger partial charge >= 0.3 is 0 Å². The Kier molecular flexibility index (Phi) is 1.97. The van der Waals surface area contributed by atoms with Gasteiger partial charge in [0.05, 0.1) is 4.47 Å². The molecule has 1 aromatic carbocycles. The second-order valence-electron chi connectivity index (χ2n) is 2.99. The molecule has 1 aliphatic rings. The van der Waals surface area contributed by atoms with Crippen LogP contribution in [0.1, 0.15) is 12.0 Å². The number of aromatic hydroxyl groups is 1. The fourth-order valence-corrected chi connectivity index (χ4v) is 1.87. The smallest absolute Gasteiger partial charge is 0.131 e. The molecule has 0 amide bonds. The minimum absolute atomic E-state index is 0.308. The fraction of sp³-hybridized carbons (Fsp3) is 0.333. The molecule has 1 aromatic rings. The van der Waals surface area contributed by atoms with Gasteiger partial charge in [-0.3, -0.25) is 0 Å². The van der Waals surface area contributed by atoms with Crippen LogP contribution in [0.5, 0.6) is 5.75 Å². The van der Waals surface area contributed by atoms with Crippen molar-refractivity contribution in [1.29, 1.82) is 0 Å². The van der Waals surface area contributed by atoms with E-state index in [1.807, 2.05) is 6.07 Å². The van der Waals surface area contributed by atoms with Crippen molar-refractivity contribution in [2.75, 3.05) is 11.9 Å². The Bertz CT molecular complexity index is 281. The first-order valence-corrected chi connectivity index (χ1v) is 4.82. The van der Waals surface area contributed by atoms with E-state index >= 15 is 0 Å². The van der Waals surface area contributed by atoms with Gasteiger partial charge in [0.2, 0.25) is 0 Å². The highest BCUT2D eigenvalue weighted by atomic mass is 79.9. The first-order valence-electron chi connectivity index (χ1n) is 4.02. The summed E-state index contributed by atoms with van der Waals surface area (Å²) in [5.74, 6) is 0.308. The summed E-state index contributed by atoms with van der Waals surface area (Å²) in [6.07, 6.45) is 2.27. The van der Waals surface area contributed by atoms with Crippen LogP contribution in [0.2, 0.25) is 0 Å². The molecule has 0 saturated heterocycles. The van der Waals surface area contributed by atoms with E-state index in [0.29, 0.717) is 5.75 Å². The highest BCUT2D eigenvalue weighted by molar-refractivity contribution is 9.10. The van der Waals surface area contributed by atoms with E-state index in [0.717, 1.165) is 23.1 Å². The van der Waals surface area contributed by atoms with Gasteiger partial charge in [-0.05, 0) is 40.4 Å². The van der Waals surface area contributed by atoms with Gasteiger partial charge in [0.25, 0.3) is 0 Å². The molecule has 64 valence electrons. The summed E-state index contributed by atoms with van der Waals surface area (Å²) in [7, 11) is 0. The molecule has 0 fully saturated rings. The number of nitrogens with one attached hydrogen (secondary N) is 1. The van der Waals surface area contributed by atoms with Crippen LogP contribution in [0, 0.1) is 0 Å². The summed E-state index contributed by atoms with van der Waals surface area (Å²) in [4.78, 5) is 0. The van der Waals surface area contributed by atoms with E-state index in [1.165, 1.54) is 12.0 Å². The molecule has 1 aliphatic heterocycles. The lowest BCUT2D eigenvalue weighted by Crippen LogP contribution is -2.11. The van der Waals surface area contributed by atoms with E-state index in [1.54, 1.807) is 6.07 Å². The van der Waals surface area contributed by atoms with E-state index in [9.17, 15) is 5.11 Å². The number of phenols is 1. The van der Waals surface area contributed by atoms with Gasteiger partial charge in [0.1, 0.15) is 5.75 Å². The molecule has 0 aliphatic carbocycles. The summed E-state index contributed by atoms with van der Waals surface area (Å²) < 4.78 is 0.782. The molecule has 0 atom stereocenters. The van der Waals surface area contributed by atoms with Crippen LogP contribution >= 0.6 is 15.9 Å². The molecule has 0 saturated carbocycles. The Morgan fingerprint density at radius 1 is 1.42 bits per heavy atom. The van der Waals surface area contributed by atoms with Gasteiger partial charge in [-0.25, -0.2) is 0 Å². The number of rotatable bonds is 0. The van der Waals surface area contributed by atoms with Gasteiger partial charge in [0.15, 0.2) is 0 Å². The third-order valence-electron chi connectivity index (χ3n) is 2.11. The summed E-state index contributed by atoms with van der Waals surface area (Å²) in [5, 5.41) is 12.6. The van der Waals surface area contributed by atoms with Crippen molar-refractivity contribution in [3.8, 4) is 5.75 Å². The highest BCUT2D eigenvalue weighted by Gasteiger charge is 2.10. The van der Waals surface area contributed by atoms with Crippen molar-refractivity contribution < 1.29 is 5.11 Å². The molecule has 1 heterocycles. The summed E-state index contributed by atoms with van der Waals surface area (Å²) in [6.45, 7) is 1.01. The Labute approximate surface area is 79.7 Å². The lowest BCUT2D eigenvalue weighted by atomic mass is 10.0. The predicted molar refractivity (Wildman–Crippen MR) is 52.6 cm³/mol. The first kappa shape index (κ1) is 7.92. The minimum atomic E-state index is 0.308. The van der Waals surface area contributed by atoms with Crippen molar-refractivity contribution in [2.45, 2.75) is 12.8 Å². The maximum Gasteiger partial charge on any atom is 0.131 e. The third kappa shape index (κ3) is 1.29. The number of anilines is 1. The monoisotopic (exact) mass is 227 g/mol. The average Bonchev–Trinajstić information content (AvgIpc) is 2.07. The molecule has 0 bridgehead atoms. The summed E-state index contributed by atoms with van der Waals surface area (Å²) in [6, 6.07) is 3.76. The molecular weight excluding hydrogens is 218 g/mol. The molecular formula is C9H10BrNO. The van der Waals surface area contributed by atoms with E-state index < -0.39 is 0 Å². The Morgan fingerprint density at radius 2 is 2.25 bits per heavy atom. The highest BCUT2D eigenvalue weighted by Crippen LogP contribution is 2.32. The Morgan fingerprint density at radius 3 is 3.08 bits per heavy atom. The second kappa shape index (κ2) is 2.98. The predicted octanol–water partition coefficient (Wildman–Crippen LogP) is 2.51. The average molecular weight is 228 g/mol. The standard InChI is InChI=1S/C9H10BrNO/c10-7-4-6-2-1-3-11-8(6)5-9(7)12/h4-5,11-12H,1-3H2. The third-order valence-corrected chi connectivity index (χ3v) is 2.75. The van der Waals surface area contributed by atoms with Gasteiger partial charge in [0, 0.05) is 18.3 Å². The van der Waals surface area contributed by atoms with Crippen molar-refractivity contribution in [1.82, 2.24) is 0 Å². The van der Waals surface area contributed by atoms with Crippen LogP contribution in [0.3, 0.4) is 0 Å². The largest absolute Gasteiger partial charge is 0.507 e. The lowest BCUT2D eigenvalue weighted by molar-refractivity contribution is 0.471. The maximum absolute atomic E-state index is 9.39. The van der Waals surface area contributed by atoms with Crippen molar-refractivity contribution in [3.05, 3.63) is 22.2 Å². The van der Waals surface area contributed by atoms with Gasteiger partial charge in [-0.2, -0.15) is 0 Å². The number of hydrogen-bond acceptors (Lipinski definition) is 2. The zero-order chi connectivity index (χ0) is 8.55. The van der Waals surface area contributed by atoms with E-state index in [-0.39, 0.29) is 0 Å². The Hall–Kier alpha value is -0.700. The zero-order valence-electron chi connectivity index (χ0n) is 6.60. The fourth-order valence-electron chi connectivity index (χ4n) is 1.48. The minimum Gasteiger partial charge on any atom is -0.507 e. The zero-order valence-corrected chi connectivity index (χ0v) is 8.19. The molecule has 12 heavy (non-hydrogen) atoms. The normalized spacial score (nSPS) is 15.1. The van der Waals surface area contributed by atoms with Crippen LogP contribution in [-0.4, -0.2) is 11.7 Å². The van der Waals surface area contributed by atoms with Crippen LogP contribution in [-0.2, 0) is 6.42 Å². The number of hydrogen-bond donors (Lipinski definition) is 2. The lowest BCUT2D eigenvalue weighted by Gasteiger charge is -2.18. The van der Waals surface area contributed by atoms with Gasteiger partial charge in [-0.15, -0.1) is 0 Å². The molecule has 0 aromatic heterocycles. The number of phenolic OH excluding ortho intramolecular Hbond substituents is 1.